The average molecular weight is 621 g/mol. The highest BCUT2D eigenvalue weighted by molar-refractivity contribution is 7.99. The van der Waals surface area contributed by atoms with Crippen molar-refractivity contribution in [2.24, 2.45) is 5.73 Å². The zero-order valence-corrected chi connectivity index (χ0v) is 26.4. The standard InChI is InChI=1S/C33H44N6O4S/c1-3-12-40-14-16-42-18-19-43-17-15-41-13-10-38-24-33(34,25-38)23-35-31-28-21-26(2)8-9-29(28)36-32(37-31)39-11-20-44-30-7-5-4-6-27(30)22-39/h1,4-9,21H,10-20,22-25,34H2,2H3,(H,35,36,37). The molecule has 44 heavy (non-hydrogen) atoms. The van der Waals surface area contributed by atoms with E-state index in [4.69, 9.17) is 41.1 Å². The molecule has 3 N–H and O–H groups in total. The Balaban J connectivity index is 1.05. The molecule has 0 atom stereocenters. The number of anilines is 2. The lowest BCUT2D eigenvalue weighted by atomic mass is 9.91. The van der Waals surface area contributed by atoms with Crippen LogP contribution in [0.25, 0.3) is 10.9 Å². The third kappa shape index (κ3) is 9.28. The molecule has 2 aliphatic heterocycles. The molecular formula is C33H44N6O4S. The van der Waals surface area contributed by atoms with E-state index in [9.17, 15) is 0 Å². The SMILES string of the molecule is C#CCOCCOCCOCCOCCN1CC(N)(CNc2nc(N3CCSc4ccccc4C3)nc3ccc(C)cc23)C1. The van der Waals surface area contributed by atoms with Crippen LogP contribution < -0.4 is 16.0 Å². The van der Waals surface area contributed by atoms with Gasteiger partial charge in [0.2, 0.25) is 5.95 Å². The van der Waals surface area contributed by atoms with E-state index in [1.807, 2.05) is 11.8 Å². The topological polar surface area (TPSA) is 107 Å². The molecule has 1 aromatic heterocycles. The second kappa shape index (κ2) is 16.4. The Morgan fingerprint density at radius 2 is 1.70 bits per heavy atom. The van der Waals surface area contributed by atoms with Crippen molar-refractivity contribution in [3.05, 3.63) is 53.6 Å². The number of aromatic nitrogens is 2. The Bertz CT molecular complexity index is 1400. The molecule has 0 spiro atoms. The number of terminal acetylenes is 1. The molecule has 10 nitrogen and oxygen atoms in total. The number of thioether (sulfide) groups is 1. The van der Waals surface area contributed by atoms with Crippen molar-refractivity contribution in [2.75, 3.05) is 102 Å². The minimum absolute atomic E-state index is 0.313. The van der Waals surface area contributed by atoms with Crippen molar-refractivity contribution in [3.8, 4) is 12.3 Å². The van der Waals surface area contributed by atoms with E-state index in [1.165, 1.54) is 16.0 Å². The van der Waals surface area contributed by atoms with Crippen molar-refractivity contribution in [3.63, 3.8) is 0 Å². The summed E-state index contributed by atoms with van der Waals surface area (Å²) in [6.45, 7) is 11.0. The van der Waals surface area contributed by atoms with Crippen molar-refractivity contribution < 1.29 is 18.9 Å². The number of nitrogens with zero attached hydrogens (tertiary/aromatic N) is 4. The first-order valence-corrected chi connectivity index (χ1v) is 16.3. The van der Waals surface area contributed by atoms with Gasteiger partial charge < -0.3 is 34.9 Å². The van der Waals surface area contributed by atoms with Crippen LogP contribution in [0.4, 0.5) is 11.8 Å². The monoisotopic (exact) mass is 620 g/mol. The zero-order chi connectivity index (χ0) is 30.6. The first-order valence-electron chi connectivity index (χ1n) is 15.3. The van der Waals surface area contributed by atoms with Gasteiger partial charge in [0.05, 0.1) is 57.3 Å². The van der Waals surface area contributed by atoms with Gasteiger partial charge in [0, 0.05) is 55.3 Å². The van der Waals surface area contributed by atoms with E-state index in [0.717, 1.165) is 61.1 Å². The number of aryl methyl sites for hydroxylation is 1. The van der Waals surface area contributed by atoms with Crippen LogP contribution in [0.3, 0.4) is 0 Å². The van der Waals surface area contributed by atoms with Gasteiger partial charge >= 0.3 is 0 Å². The van der Waals surface area contributed by atoms with Gasteiger partial charge in [-0.3, -0.25) is 4.90 Å². The summed E-state index contributed by atoms with van der Waals surface area (Å²) in [6.07, 6.45) is 5.12. The number of hydrogen-bond donors (Lipinski definition) is 2. The van der Waals surface area contributed by atoms with E-state index in [0.29, 0.717) is 59.4 Å². The minimum Gasteiger partial charge on any atom is -0.378 e. The molecule has 0 amide bonds. The highest BCUT2D eigenvalue weighted by atomic mass is 32.2. The van der Waals surface area contributed by atoms with Crippen molar-refractivity contribution in [1.82, 2.24) is 14.9 Å². The second-order valence-electron chi connectivity index (χ2n) is 11.3. The molecule has 1 fully saturated rings. The van der Waals surface area contributed by atoms with Crippen LogP contribution in [-0.2, 0) is 25.5 Å². The lowest BCUT2D eigenvalue weighted by Gasteiger charge is -2.47. The van der Waals surface area contributed by atoms with Gasteiger partial charge in [-0.15, -0.1) is 18.2 Å². The van der Waals surface area contributed by atoms with Crippen LogP contribution >= 0.6 is 11.8 Å². The predicted molar refractivity (Wildman–Crippen MR) is 176 cm³/mol. The van der Waals surface area contributed by atoms with Gasteiger partial charge in [-0.1, -0.05) is 35.7 Å². The maximum absolute atomic E-state index is 6.76. The highest BCUT2D eigenvalue weighted by Gasteiger charge is 2.39. The number of nitrogens with two attached hydrogens (primary N) is 1. The van der Waals surface area contributed by atoms with Crippen molar-refractivity contribution >= 4 is 34.4 Å². The normalized spacial score (nSPS) is 16.2. The van der Waals surface area contributed by atoms with Crippen LogP contribution in [0.2, 0.25) is 0 Å². The lowest BCUT2D eigenvalue weighted by Crippen LogP contribution is -2.70. The third-order valence-corrected chi connectivity index (χ3v) is 8.71. The molecule has 1 saturated heterocycles. The number of benzene rings is 2. The number of ether oxygens (including phenoxy) is 4. The van der Waals surface area contributed by atoms with Crippen LogP contribution in [-0.4, -0.2) is 112 Å². The molecule has 0 saturated carbocycles. The summed E-state index contributed by atoms with van der Waals surface area (Å²) < 4.78 is 21.8. The summed E-state index contributed by atoms with van der Waals surface area (Å²) in [7, 11) is 0. The molecule has 2 aliphatic rings. The summed E-state index contributed by atoms with van der Waals surface area (Å²) in [4.78, 5) is 16.0. The molecule has 0 unspecified atom stereocenters. The Labute approximate surface area is 265 Å². The smallest absolute Gasteiger partial charge is 0.228 e. The van der Waals surface area contributed by atoms with Crippen LogP contribution in [0.5, 0.6) is 0 Å². The Kier molecular flexibility index (Phi) is 12.1. The molecule has 0 radical (unpaired) electrons. The minimum atomic E-state index is -0.325. The first-order chi connectivity index (χ1) is 21.5. The number of nitrogens with one attached hydrogen (secondary N) is 1. The zero-order valence-electron chi connectivity index (χ0n) is 25.6. The molecule has 0 aliphatic carbocycles. The fraction of sp³-hybridized carbons (Fsp3) is 0.515. The van der Waals surface area contributed by atoms with E-state index in [1.54, 1.807) is 0 Å². The van der Waals surface area contributed by atoms with Gasteiger partial charge in [-0.05, 0) is 30.7 Å². The van der Waals surface area contributed by atoms with Gasteiger partial charge in [-0.2, -0.15) is 4.98 Å². The average Bonchev–Trinajstić information content (AvgIpc) is 3.24. The fourth-order valence-corrected chi connectivity index (χ4v) is 6.39. The lowest BCUT2D eigenvalue weighted by molar-refractivity contribution is -0.00811. The second-order valence-corrected chi connectivity index (χ2v) is 12.4. The summed E-state index contributed by atoms with van der Waals surface area (Å²) >= 11 is 1.90. The fourth-order valence-electron chi connectivity index (χ4n) is 5.36. The molecule has 3 heterocycles. The van der Waals surface area contributed by atoms with Crippen LogP contribution in [0.15, 0.2) is 47.4 Å². The molecular weight excluding hydrogens is 576 g/mol. The molecule has 2 aromatic carbocycles. The quantitative estimate of drug-likeness (QED) is 0.172. The van der Waals surface area contributed by atoms with Crippen molar-refractivity contribution in [2.45, 2.75) is 23.9 Å². The Hall–Kier alpha value is -2.95. The summed E-state index contributed by atoms with van der Waals surface area (Å²) in [6, 6.07) is 14.9. The molecule has 5 rings (SSSR count). The van der Waals surface area contributed by atoms with Gasteiger partial charge in [0.15, 0.2) is 0 Å². The summed E-state index contributed by atoms with van der Waals surface area (Å²) in [5, 5.41) is 4.62. The maximum atomic E-state index is 6.76. The highest BCUT2D eigenvalue weighted by Crippen LogP contribution is 2.31. The van der Waals surface area contributed by atoms with Crippen LogP contribution in [0, 0.1) is 19.3 Å². The number of likely N-dealkylation sites (tertiary alicyclic amines) is 1. The molecule has 11 heteroatoms. The number of hydrogen-bond acceptors (Lipinski definition) is 11. The Morgan fingerprint density at radius 3 is 2.48 bits per heavy atom. The maximum Gasteiger partial charge on any atom is 0.228 e. The summed E-state index contributed by atoms with van der Waals surface area (Å²) in [5.41, 5.74) is 9.87. The van der Waals surface area contributed by atoms with E-state index in [2.05, 4.69) is 70.4 Å². The molecule has 236 valence electrons. The van der Waals surface area contributed by atoms with E-state index in [-0.39, 0.29) is 5.54 Å². The first kappa shape index (κ1) is 32.4. The van der Waals surface area contributed by atoms with E-state index >= 15 is 0 Å². The summed E-state index contributed by atoms with van der Waals surface area (Å²) in [5.74, 6) is 5.01. The van der Waals surface area contributed by atoms with Gasteiger partial charge in [0.25, 0.3) is 0 Å². The number of fused-ring (bicyclic) bond motifs is 2. The predicted octanol–water partition coefficient (Wildman–Crippen LogP) is 3.18. The molecule has 0 bridgehead atoms. The Morgan fingerprint density at radius 1 is 0.977 bits per heavy atom. The molecule has 3 aromatic rings. The van der Waals surface area contributed by atoms with Crippen molar-refractivity contribution in [1.29, 1.82) is 0 Å². The number of rotatable bonds is 17. The third-order valence-electron chi connectivity index (χ3n) is 7.61. The van der Waals surface area contributed by atoms with Crippen LogP contribution in [0.1, 0.15) is 11.1 Å². The van der Waals surface area contributed by atoms with Gasteiger partial charge in [0.1, 0.15) is 12.4 Å². The largest absolute Gasteiger partial charge is 0.378 e. The van der Waals surface area contributed by atoms with Gasteiger partial charge in [-0.25, -0.2) is 4.98 Å². The van der Waals surface area contributed by atoms with E-state index < -0.39 is 0 Å².